The first-order valence-corrected chi connectivity index (χ1v) is 5.94. The van der Waals surface area contributed by atoms with Gasteiger partial charge in [-0.3, -0.25) is 0 Å². The molecule has 3 rings (SSSR count). The van der Waals surface area contributed by atoms with Crippen molar-refractivity contribution in [2.24, 2.45) is 7.05 Å². The van der Waals surface area contributed by atoms with Crippen LogP contribution in [0.15, 0.2) is 35.0 Å². The topological polar surface area (TPSA) is 77.5 Å². The molecule has 102 valence electrons. The van der Waals surface area contributed by atoms with E-state index in [4.69, 9.17) is 14.4 Å². The zero-order chi connectivity index (χ0) is 14.3. The lowest BCUT2D eigenvalue weighted by molar-refractivity contribution is 0.0686. The fourth-order valence-corrected chi connectivity index (χ4v) is 2.27. The Morgan fingerprint density at radius 3 is 2.90 bits per heavy atom. The summed E-state index contributed by atoms with van der Waals surface area (Å²) in [6.07, 6.45) is 1.86. The normalized spacial score (nSPS) is 10.9. The van der Waals surface area contributed by atoms with E-state index >= 15 is 0 Å². The van der Waals surface area contributed by atoms with Crippen LogP contribution in [0.3, 0.4) is 0 Å². The second-order valence-corrected chi connectivity index (χ2v) is 4.39. The van der Waals surface area contributed by atoms with Gasteiger partial charge in [0.25, 0.3) is 0 Å². The zero-order valence-corrected chi connectivity index (χ0v) is 11.0. The fraction of sp³-hybridized carbons (Fsp3) is 0.143. The Hall–Kier alpha value is -2.76. The number of aromatic carboxylic acids is 1. The average molecular weight is 272 g/mol. The number of carboxylic acids is 1. The Kier molecular flexibility index (Phi) is 2.71. The Morgan fingerprint density at radius 2 is 2.25 bits per heavy atom. The van der Waals surface area contributed by atoms with E-state index < -0.39 is 5.97 Å². The number of methoxy groups -OCH3 is 1. The molecule has 0 aliphatic heterocycles. The highest BCUT2D eigenvalue weighted by Gasteiger charge is 2.18. The van der Waals surface area contributed by atoms with E-state index in [0.29, 0.717) is 11.5 Å². The van der Waals surface area contributed by atoms with Crippen LogP contribution in [0.25, 0.3) is 22.2 Å². The number of carbonyl (C=O) groups is 1. The predicted molar refractivity (Wildman–Crippen MR) is 71.9 cm³/mol. The maximum absolute atomic E-state index is 10.9. The molecule has 0 spiro atoms. The van der Waals surface area contributed by atoms with Crippen LogP contribution in [-0.4, -0.2) is 27.9 Å². The second-order valence-electron chi connectivity index (χ2n) is 4.39. The fourth-order valence-electron chi connectivity index (χ4n) is 2.27. The first-order chi connectivity index (χ1) is 9.61. The lowest BCUT2D eigenvalue weighted by atomic mass is 10.1. The van der Waals surface area contributed by atoms with Gasteiger partial charge in [0, 0.05) is 24.9 Å². The number of fused-ring (bicyclic) bond motifs is 1. The molecular formula is C14H12N2O4. The number of hydrogen-bond acceptors (Lipinski definition) is 4. The summed E-state index contributed by atoms with van der Waals surface area (Å²) >= 11 is 0. The Morgan fingerprint density at radius 1 is 1.45 bits per heavy atom. The molecule has 2 aromatic heterocycles. The molecule has 1 aromatic carbocycles. The van der Waals surface area contributed by atoms with Crippen LogP contribution in [0.5, 0.6) is 5.75 Å². The molecular weight excluding hydrogens is 260 g/mol. The zero-order valence-electron chi connectivity index (χ0n) is 11.0. The highest BCUT2D eigenvalue weighted by molar-refractivity contribution is 6.00. The molecule has 2 heterocycles. The second kappa shape index (κ2) is 4.41. The minimum atomic E-state index is -1.12. The van der Waals surface area contributed by atoms with Crippen molar-refractivity contribution in [3.05, 3.63) is 36.2 Å². The third kappa shape index (κ3) is 1.73. The van der Waals surface area contributed by atoms with Crippen molar-refractivity contribution < 1.29 is 19.2 Å². The summed E-state index contributed by atoms with van der Waals surface area (Å²) in [6.45, 7) is 0. The van der Waals surface area contributed by atoms with Gasteiger partial charge in [-0.25, -0.2) is 4.79 Å². The summed E-state index contributed by atoms with van der Waals surface area (Å²) in [5.74, 6) is -0.0175. The lowest BCUT2D eigenvalue weighted by Crippen LogP contribution is -1.94. The van der Waals surface area contributed by atoms with Crippen molar-refractivity contribution in [1.29, 1.82) is 0 Å². The first kappa shape index (κ1) is 12.3. The summed E-state index contributed by atoms with van der Waals surface area (Å²) in [5.41, 5.74) is 1.60. The van der Waals surface area contributed by atoms with Crippen LogP contribution < -0.4 is 4.74 Å². The third-order valence-corrected chi connectivity index (χ3v) is 3.19. The number of aromatic nitrogens is 2. The van der Waals surface area contributed by atoms with Gasteiger partial charge in [-0.15, -0.1) is 0 Å². The maximum Gasteiger partial charge on any atom is 0.358 e. The minimum absolute atomic E-state index is 0.119. The molecule has 1 N–H and O–H groups in total. The van der Waals surface area contributed by atoms with Crippen LogP contribution >= 0.6 is 0 Å². The molecule has 0 aliphatic rings. The number of hydrogen-bond donors (Lipinski definition) is 1. The molecule has 0 radical (unpaired) electrons. The monoisotopic (exact) mass is 272 g/mol. The molecule has 0 saturated carbocycles. The van der Waals surface area contributed by atoms with Gasteiger partial charge in [0.05, 0.1) is 18.0 Å². The van der Waals surface area contributed by atoms with E-state index in [1.165, 1.54) is 6.07 Å². The maximum atomic E-state index is 10.9. The van der Waals surface area contributed by atoms with Crippen LogP contribution in [0, 0.1) is 0 Å². The molecule has 6 heteroatoms. The van der Waals surface area contributed by atoms with E-state index in [-0.39, 0.29) is 5.69 Å². The molecule has 0 saturated heterocycles. The smallest absolute Gasteiger partial charge is 0.358 e. The predicted octanol–water partition coefficient (Wildman–Crippen LogP) is 2.54. The molecule has 20 heavy (non-hydrogen) atoms. The van der Waals surface area contributed by atoms with Gasteiger partial charge in [-0.05, 0) is 12.1 Å². The molecule has 0 atom stereocenters. The Labute approximate surface area is 114 Å². The van der Waals surface area contributed by atoms with E-state index in [2.05, 4.69) is 5.16 Å². The van der Waals surface area contributed by atoms with Gasteiger partial charge in [-0.2, -0.15) is 0 Å². The van der Waals surface area contributed by atoms with Crippen molar-refractivity contribution >= 4 is 16.9 Å². The van der Waals surface area contributed by atoms with Gasteiger partial charge >= 0.3 is 5.97 Å². The van der Waals surface area contributed by atoms with Crippen LogP contribution in [0.1, 0.15) is 10.5 Å². The van der Waals surface area contributed by atoms with Crippen molar-refractivity contribution in [3.8, 4) is 17.1 Å². The van der Waals surface area contributed by atoms with Gasteiger partial charge in [0.1, 0.15) is 5.75 Å². The SMILES string of the molecule is COc1cccc2c1c(-c1cc(C(=O)O)no1)cn2C. The number of ether oxygens (including phenoxy) is 1. The Bertz CT molecular complexity index is 801. The molecule has 0 bridgehead atoms. The molecule has 0 aliphatic carbocycles. The van der Waals surface area contributed by atoms with Crippen LogP contribution in [-0.2, 0) is 7.05 Å². The number of rotatable bonds is 3. The van der Waals surface area contributed by atoms with E-state index in [1.54, 1.807) is 7.11 Å². The van der Waals surface area contributed by atoms with Crippen molar-refractivity contribution in [2.45, 2.75) is 0 Å². The number of nitrogens with zero attached hydrogens (tertiary/aromatic N) is 2. The third-order valence-electron chi connectivity index (χ3n) is 3.19. The van der Waals surface area contributed by atoms with Crippen molar-refractivity contribution in [3.63, 3.8) is 0 Å². The summed E-state index contributed by atoms with van der Waals surface area (Å²) < 4.78 is 12.4. The summed E-state index contributed by atoms with van der Waals surface area (Å²) in [7, 11) is 3.49. The highest BCUT2D eigenvalue weighted by atomic mass is 16.5. The molecule has 6 nitrogen and oxygen atoms in total. The first-order valence-electron chi connectivity index (χ1n) is 5.94. The molecule has 0 fully saturated rings. The number of carboxylic acid groups (broad SMARTS) is 1. The molecule has 0 amide bonds. The van der Waals surface area contributed by atoms with E-state index in [9.17, 15) is 4.79 Å². The Balaban J connectivity index is 2.27. The average Bonchev–Trinajstić information content (AvgIpc) is 3.04. The highest BCUT2D eigenvalue weighted by Crippen LogP contribution is 2.36. The van der Waals surface area contributed by atoms with E-state index in [0.717, 1.165) is 16.5 Å². The quantitative estimate of drug-likeness (QED) is 0.792. The molecule has 0 unspecified atom stereocenters. The standard InChI is InChI=1S/C14H12N2O4/c1-16-7-8(12-6-9(14(17)18)15-20-12)13-10(16)4-3-5-11(13)19-2/h3-7H,1-2H3,(H,17,18). The summed E-state index contributed by atoms with van der Waals surface area (Å²) in [4.78, 5) is 10.9. The lowest BCUT2D eigenvalue weighted by Gasteiger charge is -2.03. The van der Waals surface area contributed by atoms with Gasteiger partial charge in [0.2, 0.25) is 0 Å². The van der Waals surface area contributed by atoms with E-state index in [1.807, 2.05) is 36.0 Å². The number of benzene rings is 1. The minimum Gasteiger partial charge on any atom is -0.496 e. The van der Waals surface area contributed by atoms with Gasteiger partial charge in [-0.1, -0.05) is 11.2 Å². The number of aryl methyl sites for hydroxylation is 1. The van der Waals surface area contributed by atoms with Crippen molar-refractivity contribution in [1.82, 2.24) is 9.72 Å². The van der Waals surface area contributed by atoms with Crippen molar-refractivity contribution in [2.75, 3.05) is 7.11 Å². The molecule has 3 aromatic rings. The van der Waals surface area contributed by atoms with Crippen LogP contribution in [0.4, 0.5) is 0 Å². The van der Waals surface area contributed by atoms with Crippen LogP contribution in [0.2, 0.25) is 0 Å². The van der Waals surface area contributed by atoms with Gasteiger partial charge in [0.15, 0.2) is 11.5 Å². The van der Waals surface area contributed by atoms with Gasteiger partial charge < -0.3 is 18.9 Å². The summed E-state index contributed by atoms with van der Waals surface area (Å²) in [5, 5.41) is 13.3. The largest absolute Gasteiger partial charge is 0.496 e. The summed E-state index contributed by atoms with van der Waals surface area (Å²) in [6, 6.07) is 7.10.